The molecule has 1 aliphatic rings. The van der Waals surface area contributed by atoms with E-state index in [-0.39, 0.29) is 12.1 Å². The standard InChI is InChI=1S/C10H11BrN2O/c1-7-6-13(10(14)12-7)9-5-3-2-4-8(9)11/h2-5,7H,6H2,1H3,(H,12,14). The number of amides is 2. The summed E-state index contributed by atoms with van der Waals surface area (Å²) in [5.74, 6) is 0. The van der Waals surface area contributed by atoms with E-state index in [1.807, 2.05) is 31.2 Å². The van der Waals surface area contributed by atoms with E-state index in [0.717, 1.165) is 16.7 Å². The number of halogens is 1. The number of hydrogen-bond acceptors (Lipinski definition) is 1. The molecule has 2 amide bonds. The molecule has 1 atom stereocenters. The molecule has 0 aliphatic carbocycles. The highest BCUT2D eigenvalue weighted by Gasteiger charge is 2.27. The Morgan fingerprint density at radius 2 is 2.21 bits per heavy atom. The third-order valence-electron chi connectivity index (χ3n) is 2.21. The molecule has 0 aromatic heterocycles. The number of rotatable bonds is 1. The average Bonchev–Trinajstić information content (AvgIpc) is 2.46. The van der Waals surface area contributed by atoms with Crippen LogP contribution in [0.3, 0.4) is 0 Å². The first-order valence-corrected chi connectivity index (χ1v) is 5.30. The maximum atomic E-state index is 11.5. The Morgan fingerprint density at radius 1 is 1.50 bits per heavy atom. The molecule has 1 unspecified atom stereocenters. The molecule has 1 aromatic carbocycles. The van der Waals surface area contributed by atoms with Crippen LogP contribution in [0.2, 0.25) is 0 Å². The summed E-state index contributed by atoms with van der Waals surface area (Å²) in [6.07, 6.45) is 0. The number of hydrogen-bond donors (Lipinski definition) is 1. The summed E-state index contributed by atoms with van der Waals surface area (Å²) < 4.78 is 0.948. The van der Waals surface area contributed by atoms with E-state index >= 15 is 0 Å². The largest absolute Gasteiger partial charge is 0.333 e. The van der Waals surface area contributed by atoms with Crippen LogP contribution < -0.4 is 10.2 Å². The molecule has 1 saturated heterocycles. The predicted molar refractivity (Wildman–Crippen MR) is 59.5 cm³/mol. The first-order valence-electron chi connectivity index (χ1n) is 4.51. The highest BCUT2D eigenvalue weighted by molar-refractivity contribution is 9.10. The molecule has 4 heteroatoms. The van der Waals surface area contributed by atoms with Gasteiger partial charge in [0, 0.05) is 17.1 Å². The molecule has 2 rings (SSSR count). The van der Waals surface area contributed by atoms with Gasteiger partial charge in [0.15, 0.2) is 0 Å². The molecule has 1 heterocycles. The zero-order valence-electron chi connectivity index (χ0n) is 7.83. The molecule has 0 saturated carbocycles. The summed E-state index contributed by atoms with van der Waals surface area (Å²) in [5.41, 5.74) is 0.925. The number of nitrogens with zero attached hydrogens (tertiary/aromatic N) is 1. The molecule has 1 aromatic rings. The summed E-state index contributed by atoms with van der Waals surface area (Å²) in [4.78, 5) is 13.3. The van der Waals surface area contributed by atoms with E-state index in [1.54, 1.807) is 4.90 Å². The molecular formula is C10H11BrN2O. The van der Waals surface area contributed by atoms with Gasteiger partial charge in [0.2, 0.25) is 0 Å². The van der Waals surface area contributed by atoms with Gasteiger partial charge in [-0.2, -0.15) is 0 Å². The number of urea groups is 1. The molecular weight excluding hydrogens is 244 g/mol. The first kappa shape index (κ1) is 9.52. The third-order valence-corrected chi connectivity index (χ3v) is 2.89. The highest BCUT2D eigenvalue weighted by atomic mass is 79.9. The van der Waals surface area contributed by atoms with Crippen molar-refractivity contribution in [1.82, 2.24) is 5.32 Å². The van der Waals surface area contributed by atoms with Crippen molar-refractivity contribution in [2.24, 2.45) is 0 Å². The van der Waals surface area contributed by atoms with Gasteiger partial charge in [-0.05, 0) is 35.0 Å². The van der Waals surface area contributed by atoms with Gasteiger partial charge < -0.3 is 5.32 Å². The molecule has 1 fully saturated rings. The number of benzene rings is 1. The van der Waals surface area contributed by atoms with Gasteiger partial charge >= 0.3 is 6.03 Å². The van der Waals surface area contributed by atoms with Gasteiger partial charge in [-0.15, -0.1) is 0 Å². The fourth-order valence-electron chi connectivity index (χ4n) is 1.57. The fourth-order valence-corrected chi connectivity index (χ4v) is 2.07. The van der Waals surface area contributed by atoms with Crippen LogP contribution in [0.4, 0.5) is 10.5 Å². The van der Waals surface area contributed by atoms with Crippen LogP contribution in [-0.2, 0) is 0 Å². The van der Waals surface area contributed by atoms with Gasteiger partial charge in [0.1, 0.15) is 0 Å². The average molecular weight is 255 g/mol. The molecule has 0 radical (unpaired) electrons. The van der Waals surface area contributed by atoms with Crippen molar-refractivity contribution in [2.75, 3.05) is 11.4 Å². The number of nitrogens with one attached hydrogen (secondary N) is 1. The van der Waals surface area contributed by atoms with Gasteiger partial charge in [-0.1, -0.05) is 12.1 Å². The van der Waals surface area contributed by atoms with Crippen LogP contribution in [0.15, 0.2) is 28.7 Å². The van der Waals surface area contributed by atoms with Gasteiger partial charge in [0.25, 0.3) is 0 Å². The molecule has 1 aliphatic heterocycles. The lowest BCUT2D eigenvalue weighted by Crippen LogP contribution is -2.28. The van der Waals surface area contributed by atoms with E-state index in [9.17, 15) is 4.79 Å². The Labute approximate surface area is 91.2 Å². The second-order valence-electron chi connectivity index (χ2n) is 3.41. The van der Waals surface area contributed by atoms with Crippen LogP contribution in [0, 0.1) is 0 Å². The number of carbonyl (C=O) groups is 1. The van der Waals surface area contributed by atoms with Crippen molar-refractivity contribution in [3.8, 4) is 0 Å². The Bertz CT molecular complexity index is 367. The second-order valence-corrected chi connectivity index (χ2v) is 4.27. The van der Waals surface area contributed by atoms with Gasteiger partial charge in [-0.25, -0.2) is 4.79 Å². The molecule has 14 heavy (non-hydrogen) atoms. The van der Waals surface area contributed by atoms with Crippen LogP contribution in [-0.4, -0.2) is 18.6 Å². The van der Waals surface area contributed by atoms with E-state index in [4.69, 9.17) is 0 Å². The quantitative estimate of drug-likeness (QED) is 0.820. The summed E-state index contributed by atoms with van der Waals surface area (Å²) in [6.45, 7) is 2.72. The van der Waals surface area contributed by atoms with E-state index in [1.165, 1.54) is 0 Å². The second kappa shape index (κ2) is 3.61. The molecule has 74 valence electrons. The van der Waals surface area contributed by atoms with Crippen LogP contribution >= 0.6 is 15.9 Å². The SMILES string of the molecule is CC1CN(c2ccccc2Br)C(=O)N1. The smallest absolute Gasteiger partial charge is 0.322 e. The topological polar surface area (TPSA) is 32.3 Å². The van der Waals surface area contributed by atoms with E-state index in [0.29, 0.717) is 0 Å². The summed E-state index contributed by atoms with van der Waals surface area (Å²) >= 11 is 3.43. The minimum absolute atomic E-state index is 0.0237. The molecule has 0 bridgehead atoms. The minimum atomic E-state index is -0.0237. The maximum absolute atomic E-state index is 11.5. The summed E-state index contributed by atoms with van der Waals surface area (Å²) in [7, 11) is 0. The summed E-state index contributed by atoms with van der Waals surface area (Å²) in [5, 5.41) is 2.86. The molecule has 1 N–H and O–H groups in total. The number of para-hydroxylation sites is 1. The fraction of sp³-hybridized carbons (Fsp3) is 0.300. The van der Waals surface area contributed by atoms with Crippen molar-refractivity contribution in [3.63, 3.8) is 0 Å². The van der Waals surface area contributed by atoms with Crippen molar-refractivity contribution in [2.45, 2.75) is 13.0 Å². The van der Waals surface area contributed by atoms with Crippen LogP contribution in [0.1, 0.15) is 6.92 Å². The summed E-state index contributed by atoms with van der Waals surface area (Å²) in [6, 6.07) is 7.92. The first-order chi connectivity index (χ1) is 6.68. The normalized spacial score (nSPS) is 21.1. The Kier molecular flexibility index (Phi) is 2.46. The zero-order valence-corrected chi connectivity index (χ0v) is 9.41. The Balaban J connectivity index is 2.32. The van der Waals surface area contributed by atoms with Crippen LogP contribution in [0.5, 0.6) is 0 Å². The number of carbonyl (C=O) groups excluding carboxylic acids is 1. The minimum Gasteiger partial charge on any atom is -0.333 e. The van der Waals surface area contributed by atoms with Crippen molar-refractivity contribution >= 4 is 27.6 Å². The number of anilines is 1. The Morgan fingerprint density at radius 3 is 2.79 bits per heavy atom. The van der Waals surface area contributed by atoms with Crippen molar-refractivity contribution in [1.29, 1.82) is 0 Å². The highest BCUT2D eigenvalue weighted by Crippen LogP contribution is 2.27. The lowest BCUT2D eigenvalue weighted by atomic mass is 10.3. The van der Waals surface area contributed by atoms with Gasteiger partial charge in [-0.3, -0.25) is 4.90 Å². The third kappa shape index (κ3) is 1.62. The predicted octanol–water partition coefficient (Wildman–Crippen LogP) is 2.37. The molecule has 0 spiro atoms. The maximum Gasteiger partial charge on any atom is 0.322 e. The zero-order chi connectivity index (χ0) is 10.1. The lowest BCUT2D eigenvalue weighted by molar-refractivity contribution is 0.251. The van der Waals surface area contributed by atoms with Crippen molar-refractivity contribution < 1.29 is 4.79 Å². The van der Waals surface area contributed by atoms with Gasteiger partial charge in [0.05, 0.1) is 5.69 Å². The van der Waals surface area contributed by atoms with E-state index < -0.39 is 0 Å². The Hall–Kier alpha value is -1.03. The van der Waals surface area contributed by atoms with Crippen LogP contribution in [0.25, 0.3) is 0 Å². The molecule has 3 nitrogen and oxygen atoms in total. The monoisotopic (exact) mass is 254 g/mol. The lowest BCUT2D eigenvalue weighted by Gasteiger charge is -2.15. The van der Waals surface area contributed by atoms with E-state index in [2.05, 4.69) is 21.2 Å². The van der Waals surface area contributed by atoms with Crippen molar-refractivity contribution in [3.05, 3.63) is 28.7 Å².